The van der Waals surface area contributed by atoms with Crippen LogP contribution in [0.3, 0.4) is 0 Å². The molecule has 0 unspecified atom stereocenters. The van der Waals surface area contributed by atoms with E-state index in [-0.39, 0.29) is 4.90 Å². The highest BCUT2D eigenvalue weighted by atomic mass is 32.2. The van der Waals surface area contributed by atoms with Crippen LogP contribution in [0.25, 0.3) is 0 Å². The van der Waals surface area contributed by atoms with Gasteiger partial charge in [0.2, 0.25) is 10.0 Å². The van der Waals surface area contributed by atoms with Gasteiger partial charge in [0.05, 0.1) is 12.0 Å². The number of methoxy groups -OCH3 is 1. The van der Waals surface area contributed by atoms with Crippen molar-refractivity contribution in [1.29, 1.82) is 0 Å². The average molecular weight is 319 g/mol. The molecule has 0 bridgehead atoms. The number of rotatable bonds is 6. The topological polar surface area (TPSA) is 55.4 Å². The van der Waals surface area contributed by atoms with Crippen LogP contribution < -0.4 is 9.46 Å². The lowest BCUT2D eigenvalue weighted by atomic mass is 10.1. The monoisotopic (exact) mass is 319 g/mol. The molecule has 0 aliphatic rings. The van der Waals surface area contributed by atoms with E-state index in [4.69, 9.17) is 4.74 Å². The number of benzene rings is 2. The molecule has 0 aromatic heterocycles. The van der Waals surface area contributed by atoms with Gasteiger partial charge in [-0.2, -0.15) is 0 Å². The Kier molecular flexibility index (Phi) is 5.21. The second-order valence-electron chi connectivity index (χ2n) is 5.28. The highest BCUT2D eigenvalue weighted by molar-refractivity contribution is 7.89. The van der Waals surface area contributed by atoms with Gasteiger partial charge in [0, 0.05) is 6.54 Å². The van der Waals surface area contributed by atoms with Crippen LogP contribution in [0.4, 0.5) is 0 Å². The predicted octanol–water partition coefficient (Wildman–Crippen LogP) is 2.83. The van der Waals surface area contributed by atoms with Crippen LogP contribution in [0.1, 0.15) is 16.7 Å². The summed E-state index contributed by atoms with van der Waals surface area (Å²) >= 11 is 0. The number of nitrogens with one attached hydrogen (secondary N) is 1. The van der Waals surface area contributed by atoms with Gasteiger partial charge in [-0.05, 0) is 44.0 Å². The van der Waals surface area contributed by atoms with Gasteiger partial charge in [-0.15, -0.1) is 0 Å². The molecule has 0 saturated heterocycles. The van der Waals surface area contributed by atoms with Crippen molar-refractivity contribution >= 4 is 10.0 Å². The summed E-state index contributed by atoms with van der Waals surface area (Å²) in [7, 11) is -1.85. The Morgan fingerprint density at radius 1 is 1.00 bits per heavy atom. The van der Waals surface area contributed by atoms with Crippen molar-refractivity contribution in [3.63, 3.8) is 0 Å². The standard InChI is InChI=1S/C17H21NO3S/c1-13-4-7-16(8-5-13)22(19,20)18-11-10-15-12-14(2)6-9-17(15)21-3/h4-9,12,18H,10-11H2,1-3H3. The van der Waals surface area contributed by atoms with Crippen molar-refractivity contribution in [3.8, 4) is 5.75 Å². The first-order valence-electron chi connectivity index (χ1n) is 7.12. The molecule has 2 aromatic carbocycles. The second-order valence-corrected chi connectivity index (χ2v) is 7.04. The Hall–Kier alpha value is -1.85. The van der Waals surface area contributed by atoms with E-state index < -0.39 is 10.0 Å². The van der Waals surface area contributed by atoms with Gasteiger partial charge < -0.3 is 4.74 Å². The van der Waals surface area contributed by atoms with Gasteiger partial charge in [-0.1, -0.05) is 35.4 Å². The van der Waals surface area contributed by atoms with Gasteiger partial charge in [0.25, 0.3) is 0 Å². The van der Waals surface area contributed by atoms with Crippen LogP contribution in [0.5, 0.6) is 5.75 Å². The molecule has 118 valence electrons. The molecule has 5 heteroatoms. The summed E-state index contributed by atoms with van der Waals surface area (Å²) in [5.41, 5.74) is 3.15. The van der Waals surface area contributed by atoms with E-state index in [9.17, 15) is 8.42 Å². The van der Waals surface area contributed by atoms with E-state index in [2.05, 4.69) is 4.72 Å². The number of hydrogen-bond donors (Lipinski definition) is 1. The zero-order chi connectivity index (χ0) is 16.2. The minimum absolute atomic E-state index is 0.286. The summed E-state index contributed by atoms with van der Waals surface area (Å²) < 4.78 is 32.4. The number of sulfonamides is 1. The maximum Gasteiger partial charge on any atom is 0.240 e. The van der Waals surface area contributed by atoms with Gasteiger partial charge in [-0.25, -0.2) is 13.1 Å². The molecule has 0 aliphatic carbocycles. The first-order chi connectivity index (χ1) is 10.4. The minimum Gasteiger partial charge on any atom is -0.496 e. The molecule has 0 heterocycles. The zero-order valence-corrected chi connectivity index (χ0v) is 13.9. The van der Waals surface area contributed by atoms with Crippen molar-refractivity contribution in [2.45, 2.75) is 25.2 Å². The maximum absolute atomic E-state index is 12.2. The fourth-order valence-electron chi connectivity index (χ4n) is 2.22. The Morgan fingerprint density at radius 3 is 2.27 bits per heavy atom. The van der Waals surface area contributed by atoms with E-state index in [1.807, 2.05) is 32.0 Å². The zero-order valence-electron chi connectivity index (χ0n) is 13.1. The normalized spacial score (nSPS) is 11.4. The van der Waals surface area contributed by atoms with Crippen molar-refractivity contribution in [2.24, 2.45) is 0 Å². The molecule has 0 atom stereocenters. The van der Waals surface area contributed by atoms with E-state index in [0.717, 1.165) is 22.4 Å². The molecular formula is C17H21NO3S. The third-order valence-electron chi connectivity index (χ3n) is 3.45. The van der Waals surface area contributed by atoms with E-state index in [1.54, 1.807) is 31.4 Å². The molecule has 0 radical (unpaired) electrons. The molecule has 0 fully saturated rings. The van der Waals surface area contributed by atoms with Crippen LogP contribution in [0.15, 0.2) is 47.4 Å². The Balaban J connectivity index is 2.04. The molecule has 0 spiro atoms. The molecular weight excluding hydrogens is 298 g/mol. The van der Waals surface area contributed by atoms with E-state index >= 15 is 0 Å². The number of hydrogen-bond acceptors (Lipinski definition) is 3. The van der Waals surface area contributed by atoms with Gasteiger partial charge in [0.1, 0.15) is 5.75 Å². The highest BCUT2D eigenvalue weighted by Crippen LogP contribution is 2.20. The van der Waals surface area contributed by atoms with Crippen molar-refractivity contribution in [3.05, 3.63) is 59.2 Å². The van der Waals surface area contributed by atoms with Crippen LogP contribution >= 0.6 is 0 Å². The SMILES string of the molecule is COc1ccc(C)cc1CCNS(=O)(=O)c1ccc(C)cc1. The first kappa shape index (κ1) is 16.5. The Morgan fingerprint density at radius 2 is 1.64 bits per heavy atom. The third-order valence-corrected chi connectivity index (χ3v) is 4.93. The van der Waals surface area contributed by atoms with Crippen molar-refractivity contribution < 1.29 is 13.2 Å². The van der Waals surface area contributed by atoms with E-state index in [0.29, 0.717) is 13.0 Å². The summed E-state index contributed by atoms with van der Waals surface area (Å²) in [5, 5.41) is 0. The Labute approximate surface area is 132 Å². The molecule has 4 nitrogen and oxygen atoms in total. The Bertz CT molecular complexity index is 737. The number of ether oxygens (including phenoxy) is 1. The minimum atomic E-state index is -3.47. The largest absolute Gasteiger partial charge is 0.496 e. The average Bonchev–Trinajstić information content (AvgIpc) is 2.48. The molecule has 0 saturated carbocycles. The quantitative estimate of drug-likeness (QED) is 0.891. The molecule has 0 aliphatic heterocycles. The molecule has 0 amide bonds. The second kappa shape index (κ2) is 6.94. The lowest BCUT2D eigenvalue weighted by Crippen LogP contribution is -2.26. The lowest BCUT2D eigenvalue weighted by molar-refractivity contribution is 0.409. The third kappa shape index (κ3) is 4.08. The van der Waals surface area contributed by atoms with Gasteiger partial charge in [-0.3, -0.25) is 0 Å². The summed E-state index contributed by atoms with van der Waals surface area (Å²) in [5.74, 6) is 0.778. The van der Waals surface area contributed by atoms with Crippen LogP contribution in [0.2, 0.25) is 0 Å². The molecule has 2 aromatic rings. The molecule has 1 N–H and O–H groups in total. The summed E-state index contributed by atoms with van der Waals surface area (Å²) in [4.78, 5) is 0.286. The summed E-state index contributed by atoms with van der Waals surface area (Å²) in [6, 6.07) is 12.7. The van der Waals surface area contributed by atoms with Gasteiger partial charge in [0.15, 0.2) is 0 Å². The fourth-order valence-corrected chi connectivity index (χ4v) is 3.26. The first-order valence-corrected chi connectivity index (χ1v) is 8.60. The van der Waals surface area contributed by atoms with Crippen LogP contribution in [-0.2, 0) is 16.4 Å². The number of aryl methyl sites for hydroxylation is 2. The predicted molar refractivity (Wildman–Crippen MR) is 87.8 cm³/mol. The van der Waals surface area contributed by atoms with Crippen LogP contribution in [0, 0.1) is 13.8 Å². The maximum atomic E-state index is 12.2. The van der Waals surface area contributed by atoms with E-state index in [1.165, 1.54) is 0 Å². The van der Waals surface area contributed by atoms with Crippen molar-refractivity contribution in [2.75, 3.05) is 13.7 Å². The smallest absolute Gasteiger partial charge is 0.240 e. The molecule has 2 rings (SSSR count). The fraction of sp³-hybridized carbons (Fsp3) is 0.294. The highest BCUT2D eigenvalue weighted by Gasteiger charge is 2.13. The van der Waals surface area contributed by atoms with Crippen LogP contribution in [-0.4, -0.2) is 22.1 Å². The summed E-state index contributed by atoms with van der Waals surface area (Å²) in [6.07, 6.45) is 0.579. The lowest BCUT2D eigenvalue weighted by Gasteiger charge is -2.11. The van der Waals surface area contributed by atoms with Crippen molar-refractivity contribution in [1.82, 2.24) is 4.72 Å². The molecule has 22 heavy (non-hydrogen) atoms. The van der Waals surface area contributed by atoms with Gasteiger partial charge >= 0.3 is 0 Å². The summed E-state index contributed by atoms with van der Waals surface area (Å²) in [6.45, 7) is 4.25.